The van der Waals surface area contributed by atoms with Crippen molar-refractivity contribution in [1.29, 1.82) is 0 Å². The number of hydrogen-bond donors (Lipinski definition) is 0. The Morgan fingerprint density at radius 3 is 2.23 bits per heavy atom. The molecule has 0 radical (unpaired) electrons. The number of para-hydroxylation sites is 1. The molecule has 0 spiro atoms. The molecule has 110 valence electrons. The topological polar surface area (TPSA) is 37.4 Å². The fraction of sp³-hybridized carbons (Fsp3) is 0.111. The summed E-state index contributed by atoms with van der Waals surface area (Å²) in [6.45, 7) is 1.50. The largest absolute Gasteiger partial charge is 0.295 e. The van der Waals surface area contributed by atoms with Gasteiger partial charge in [-0.3, -0.25) is 14.5 Å². The molecule has 3 rings (SSSR count). The molecule has 1 fully saturated rings. The van der Waals surface area contributed by atoms with Crippen LogP contribution < -0.4 is 4.90 Å². The number of allylic oxidation sites excluding steroid dienone is 1. The van der Waals surface area contributed by atoms with Crippen molar-refractivity contribution in [3.8, 4) is 0 Å². The van der Waals surface area contributed by atoms with Gasteiger partial charge in [-0.05, 0) is 24.6 Å². The number of benzene rings is 2. The zero-order valence-corrected chi connectivity index (χ0v) is 12.9. The first-order chi connectivity index (χ1) is 10.7. The first-order valence-corrected chi connectivity index (χ1v) is 7.87. The monoisotopic (exact) mass is 309 g/mol. The first-order valence-electron chi connectivity index (χ1n) is 6.99. The third-order valence-corrected chi connectivity index (χ3v) is 4.60. The Bertz CT molecular complexity index is 725. The number of anilines is 1. The van der Waals surface area contributed by atoms with Crippen LogP contribution in [0.5, 0.6) is 0 Å². The number of carbonyl (C=O) groups excluding carboxylic acids is 2. The van der Waals surface area contributed by atoms with E-state index in [1.54, 1.807) is 4.90 Å². The molecule has 2 aromatic rings. The van der Waals surface area contributed by atoms with E-state index in [2.05, 4.69) is 0 Å². The van der Waals surface area contributed by atoms with Gasteiger partial charge < -0.3 is 0 Å². The molecule has 1 aliphatic heterocycles. The molecule has 0 bridgehead atoms. The van der Waals surface area contributed by atoms with Gasteiger partial charge in [-0.15, -0.1) is 0 Å². The molecule has 1 amide bonds. The maximum absolute atomic E-state index is 12.9. The van der Waals surface area contributed by atoms with E-state index >= 15 is 0 Å². The number of carbonyl (C=O) groups is 2. The van der Waals surface area contributed by atoms with Crippen LogP contribution in [0, 0.1) is 0 Å². The highest BCUT2D eigenvalue weighted by Crippen LogP contribution is 2.46. The van der Waals surface area contributed by atoms with Crippen molar-refractivity contribution in [2.45, 2.75) is 12.2 Å². The summed E-state index contributed by atoms with van der Waals surface area (Å²) in [6, 6.07) is 19.1. The van der Waals surface area contributed by atoms with Crippen molar-refractivity contribution in [2.24, 2.45) is 0 Å². The van der Waals surface area contributed by atoms with Crippen LogP contribution in [0.1, 0.15) is 17.7 Å². The average Bonchev–Trinajstić information content (AvgIpc) is 2.85. The number of ketones is 1. The van der Waals surface area contributed by atoms with Gasteiger partial charge in [0.25, 0.3) is 0 Å². The van der Waals surface area contributed by atoms with Gasteiger partial charge >= 0.3 is 0 Å². The van der Waals surface area contributed by atoms with E-state index in [9.17, 15) is 9.59 Å². The summed E-state index contributed by atoms with van der Waals surface area (Å²) in [6.07, 6.45) is 1.53. The lowest BCUT2D eigenvalue weighted by Crippen LogP contribution is -2.25. The van der Waals surface area contributed by atoms with Gasteiger partial charge in [0.1, 0.15) is 5.25 Å². The fourth-order valence-electron chi connectivity index (χ4n) is 2.39. The molecule has 2 aromatic carbocycles. The Morgan fingerprint density at radius 2 is 1.64 bits per heavy atom. The molecule has 0 aromatic heterocycles. The van der Waals surface area contributed by atoms with E-state index in [-0.39, 0.29) is 16.9 Å². The number of nitrogens with zero attached hydrogens (tertiary/aromatic N) is 1. The summed E-state index contributed by atoms with van der Waals surface area (Å²) in [5, 5.41) is 0.365. The predicted octanol–water partition coefficient (Wildman–Crippen LogP) is 3.94. The molecule has 0 aliphatic carbocycles. The zero-order valence-electron chi connectivity index (χ0n) is 12.1. The molecule has 1 saturated heterocycles. The van der Waals surface area contributed by atoms with E-state index in [0.29, 0.717) is 5.03 Å². The quantitative estimate of drug-likeness (QED) is 0.806. The van der Waals surface area contributed by atoms with Gasteiger partial charge in [0, 0.05) is 11.8 Å². The van der Waals surface area contributed by atoms with E-state index < -0.39 is 0 Å². The van der Waals surface area contributed by atoms with Crippen LogP contribution in [0.15, 0.2) is 71.8 Å². The van der Waals surface area contributed by atoms with Gasteiger partial charge in [0.05, 0.1) is 5.03 Å². The van der Waals surface area contributed by atoms with Crippen LogP contribution in [0.3, 0.4) is 0 Å². The minimum absolute atomic E-state index is 0.0186. The van der Waals surface area contributed by atoms with Gasteiger partial charge in [-0.25, -0.2) is 0 Å². The SMILES string of the molecule is CC(=O)C=C1SC(c2ccccc2)C(=O)N1c1ccccc1. The summed E-state index contributed by atoms with van der Waals surface area (Å²) in [7, 11) is 0. The molecular formula is C18H15NO2S. The lowest BCUT2D eigenvalue weighted by Gasteiger charge is -2.17. The van der Waals surface area contributed by atoms with Crippen LogP contribution >= 0.6 is 11.8 Å². The lowest BCUT2D eigenvalue weighted by atomic mass is 10.1. The van der Waals surface area contributed by atoms with Crippen LogP contribution in [-0.4, -0.2) is 11.7 Å². The second kappa shape index (κ2) is 6.20. The molecule has 1 unspecified atom stereocenters. The minimum atomic E-state index is -0.313. The Hall–Kier alpha value is -2.33. The molecule has 3 nitrogen and oxygen atoms in total. The Labute approximate surface area is 133 Å². The van der Waals surface area contributed by atoms with Crippen LogP contribution in [0.25, 0.3) is 0 Å². The molecule has 1 aliphatic rings. The van der Waals surface area contributed by atoms with Crippen molar-refractivity contribution in [2.75, 3.05) is 4.90 Å². The van der Waals surface area contributed by atoms with E-state index in [4.69, 9.17) is 0 Å². The summed E-state index contributed by atoms with van der Waals surface area (Å²) in [5.74, 6) is -0.0835. The van der Waals surface area contributed by atoms with Crippen molar-refractivity contribution in [1.82, 2.24) is 0 Å². The molecule has 22 heavy (non-hydrogen) atoms. The van der Waals surface area contributed by atoms with Gasteiger partial charge in [0.2, 0.25) is 5.91 Å². The fourth-order valence-corrected chi connectivity index (χ4v) is 3.67. The normalized spacial score (nSPS) is 19.7. The number of rotatable bonds is 3. The third-order valence-electron chi connectivity index (χ3n) is 3.35. The van der Waals surface area contributed by atoms with Crippen LogP contribution in [-0.2, 0) is 9.59 Å². The zero-order chi connectivity index (χ0) is 15.5. The molecule has 1 heterocycles. The van der Waals surface area contributed by atoms with Crippen molar-refractivity contribution in [3.63, 3.8) is 0 Å². The third kappa shape index (κ3) is 2.83. The van der Waals surface area contributed by atoms with E-state index in [1.165, 1.54) is 24.8 Å². The molecule has 1 atom stereocenters. The standard InChI is InChI=1S/C18H15NO2S/c1-13(20)12-16-19(15-10-6-3-7-11-15)18(21)17(22-16)14-8-4-2-5-9-14/h2-12,17H,1H3. The minimum Gasteiger partial charge on any atom is -0.295 e. The molecular weight excluding hydrogens is 294 g/mol. The van der Waals surface area contributed by atoms with Gasteiger partial charge in [-0.2, -0.15) is 0 Å². The number of hydrogen-bond acceptors (Lipinski definition) is 3. The highest BCUT2D eigenvalue weighted by atomic mass is 32.2. The van der Waals surface area contributed by atoms with Crippen molar-refractivity contribution < 1.29 is 9.59 Å². The van der Waals surface area contributed by atoms with Crippen molar-refractivity contribution >= 4 is 29.1 Å². The van der Waals surface area contributed by atoms with Gasteiger partial charge in [0.15, 0.2) is 5.78 Å². The Balaban J connectivity index is 2.03. The summed E-state index contributed by atoms with van der Waals surface area (Å²) in [5.41, 5.74) is 1.73. The van der Waals surface area contributed by atoms with Crippen LogP contribution in [0.2, 0.25) is 0 Å². The number of thioether (sulfide) groups is 1. The van der Waals surface area contributed by atoms with Crippen LogP contribution in [0.4, 0.5) is 5.69 Å². The second-order valence-corrected chi connectivity index (χ2v) is 6.14. The van der Waals surface area contributed by atoms with Gasteiger partial charge in [-0.1, -0.05) is 60.3 Å². The summed E-state index contributed by atoms with van der Waals surface area (Å²) < 4.78 is 0. The molecule has 0 N–H and O–H groups in total. The number of amides is 1. The average molecular weight is 309 g/mol. The highest BCUT2D eigenvalue weighted by molar-refractivity contribution is 8.04. The maximum atomic E-state index is 12.9. The second-order valence-electron chi connectivity index (χ2n) is 5.01. The first kappa shape index (κ1) is 14.6. The smallest absolute Gasteiger partial charge is 0.249 e. The van der Waals surface area contributed by atoms with E-state index in [1.807, 2.05) is 60.7 Å². The maximum Gasteiger partial charge on any atom is 0.249 e. The van der Waals surface area contributed by atoms with Crippen molar-refractivity contribution in [3.05, 3.63) is 77.3 Å². The van der Waals surface area contributed by atoms with E-state index in [0.717, 1.165) is 11.3 Å². The highest BCUT2D eigenvalue weighted by Gasteiger charge is 2.38. The summed E-state index contributed by atoms with van der Waals surface area (Å²) in [4.78, 5) is 26.0. The Kier molecular flexibility index (Phi) is 4.11. The Morgan fingerprint density at radius 1 is 1.05 bits per heavy atom. The summed E-state index contributed by atoms with van der Waals surface area (Å²) >= 11 is 1.42. The molecule has 0 saturated carbocycles. The lowest BCUT2D eigenvalue weighted by molar-refractivity contribution is -0.117. The molecule has 4 heteroatoms. The predicted molar refractivity (Wildman–Crippen MR) is 89.5 cm³/mol.